The lowest BCUT2D eigenvalue weighted by atomic mass is 9.94. The Labute approximate surface area is 123 Å². The summed E-state index contributed by atoms with van der Waals surface area (Å²) >= 11 is 0. The maximum Gasteiger partial charge on any atom is 0.154 e. The molecule has 0 bridgehead atoms. The SMILES string of the molecule is O=Cc1c(-c2ccccc2)ccc(-c2ccccc2)c1O. The number of aromatic hydroxyl groups is 1. The Kier molecular flexibility index (Phi) is 3.52. The van der Waals surface area contributed by atoms with Gasteiger partial charge in [-0.15, -0.1) is 0 Å². The zero-order chi connectivity index (χ0) is 14.7. The Bertz CT molecular complexity index is 762. The molecule has 1 N–H and O–H groups in total. The third-order valence-electron chi connectivity index (χ3n) is 3.50. The van der Waals surface area contributed by atoms with Crippen LogP contribution in [-0.2, 0) is 0 Å². The van der Waals surface area contributed by atoms with E-state index in [9.17, 15) is 9.90 Å². The van der Waals surface area contributed by atoms with E-state index in [4.69, 9.17) is 0 Å². The van der Waals surface area contributed by atoms with Crippen molar-refractivity contribution in [2.24, 2.45) is 0 Å². The van der Waals surface area contributed by atoms with Gasteiger partial charge >= 0.3 is 0 Å². The molecule has 2 nitrogen and oxygen atoms in total. The monoisotopic (exact) mass is 274 g/mol. The Balaban J connectivity index is 2.19. The van der Waals surface area contributed by atoms with Crippen LogP contribution in [0.5, 0.6) is 5.75 Å². The lowest BCUT2D eigenvalue weighted by Crippen LogP contribution is -1.91. The van der Waals surface area contributed by atoms with Crippen LogP contribution < -0.4 is 0 Å². The second-order valence-electron chi connectivity index (χ2n) is 4.77. The number of carbonyl (C=O) groups is 1. The molecule has 0 aromatic heterocycles. The van der Waals surface area contributed by atoms with E-state index in [0.29, 0.717) is 17.4 Å². The predicted molar refractivity (Wildman–Crippen MR) is 84.4 cm³/mol. The highest BCUT2D eigenvalue weighted by molar-refractivity contribution is 5.95. The lowest BCUT2D eigenvalue weighted by molar-refractivity contribution is 0.112. The molecule has 0 fully saturated rings. The van der Waals surface area contributed by atoms with Crippen LogP contribution in [0.2, 0.25) is 0 Å². The average Bonchev–Trinajstić information content (AvgIpc) is 2.56. The Morgan fingerprint density at radius 3 is 1.67 bits per heavy atom. The predicted octanol–water partition coefficient (Wildman–Crippen LogP) is 4.54. The molecule has 0 atom stereocenters. The highest BCUT2D eigenvalue weighted by atomic mass is 16.3. The molecule has 0 saturated carbocycles. The summed E-state index contributed by atoms with van der Waals surface area (Å²) in [5.41, 5.74) is 3.52. The van der Waals surface area contributed by atoms with Gasteiger partial charge in [0.25, 0.3) is 0 Å². The number of phenols is 1. The van der Waals surface area contributed by atoms with Crippen LogP contribution in [-0.4, -0.2) is 11.4 Å². The van der Waals surface area contributed by atoms with Crippen LogP contribution in [0.25, 0.3) is 22.3 Å². The van der Waals surface area contributed by atoms with Crippen molar-refractivity contribution in [1.29, 1.82) is 0 Å². The molecule has 0 saturated heterocycles. The molecule has 0 amide bonds. The number of aldehydes is 1. The fourth-order valence-corrected chi connectivity index (χ4v) is 2.45. The Morgan fingerprint density at radius 2 is 1.14 bits per heavy atom. The summed E-state index contributed by atoms with van der Waals surface area (Å²) in [5, 5.41) is 10.5. The maximum atomic E-state index is 11.4. The summed E-state index contributed by atoms with van der Waals surface area (Å²) in [6.07, 6.45) is 0.712. The molecule has 0 aliphatic rings. The molecule has 0 radical (unpaired) electrons. The van der Waals surface area contributed by atoms with E-state index in [0.717, 1.165) is 16.7 Å². The molecule has 3 aromatic carbocycles. The topological polar surface area (TPSA) is 37.3 Å². The Hall–Kier alpha value is -2.87. The molecule has 3 rings (SSSR count). The minimum Gasteiger partial charge on any atom is -0.507 e. The van der Waals surface area contributed by atoms with Crippen LogP contribution in [0, 0.1) is 0 Å². The molecule has 0 aliphatic carbocycles. The first-order valence-electron chi connectivity index (χ1n) is 6.73. The standard InChI is InChI=1S/C19H14O2/c20-13-18-16(14-7-3-1-4-8-14)11-12-17(19(18)21)15-9-5-2-6-10-15/h1-13,21H. The zero-order valence-electron chi connectivity index (χ0n) is 11.4. The molecule has 0 unspecified atom stereocenters. The van der Waals surface area contributed by atoms with Gasteiger partial charge in [0.05, 0.1) is 5.56 Å². The van der Waals surface area contributed by atoms with Gasteiger partial charge < -0.3 is 5.11 Å². The number of benzene rings is 3. The summed E-state index contributed by atoms with van der Waals surface area (Å²) in [7, 11) is 0. The van der Waals surface area contributed by atoms with Crippen molar-refractivity contribution in [2.75, 3.05) is 0 Å². The van der Waals surface area contributed by atoms with E-state index in [2.05, 4.69) is 0 Å². The van der Waals surface area contributed by atoms with Gasteiger partial charge in [-0.25, -0.2) is 0 Å². The third-order valence-corrected chi connectivity index (χ3v) is 3.50. The van der Waals surface area contributed by atoms with E-state index in [1.165, 1.54) is 0 Å². The van der Waals surface area contributed by atoms with E-state index >= 15 is 0 Å². The fourth-order valence-electron chi connectivity index (χ4n) is 2.45. The van der Waals surface area contributed by atoms with Crippen molar-refractivity contribution in [3.05, 3.63) is 78.4 Å². The van der Waals surface area contributed by atoms with Gasteiger partial charge in [0.15, 0.2) is 6.29 Å². The van der Waals surface area contributed by atoms with Crippen LogP contribution in [0.1, 0.15) is 10.4 Å². The summed E-state index contributed by atoms with van der Waals surface area (Å²) in [5.74, 6) is 0.0255. The number of rotatable bonds is 3. The van der Waals surface area contributed by atoms with Gasteiger partial charge in [0, 0.05) is 5.56 Å². The number of hydrogen-bond donors (Lipinski definition) is 1. The van der Waals surface area contributed by atoms with Crippen LogP contribution in [0.15, 0.2) is 72.8 Å². The first-order chi connectivity index (χ1) is 10.3. The molecule has 3 aromatic rings. The van der Waals surface area contributed by atoms with Crippen LogP contribution in [0.3, 0.4) is 0 Å². The van der Waals surface area contributed by atoms with Gasteiger partial charge in [-0.1, -0.05) is 66.7 Å². The van der Waals surface area contributed by atoms with Crippen molar-refractivity contribution in [2.45, 2.75) is 0 Å². The van der Waals surface area contributed by atoms with E-state index in [-0.39, 0.29) is 5.75 Å². The molecule has 0 heterocycles. The molecular formula is C19H14O2. The van der Waals surface area contributed by atoms with Gasteiger partial charge in [-0.05, 0) is 22.8 Å². The summed E-state index contributed by atoms with van der Waals surface area (Å²) in [6.45, 7) is 0. The van der Waals surface area contributed by atoms with Crippen molar-refractivity contribution in [3.63, 3.8) is 0 Å². The number of carbonyl (C=O) groups excluding carboxylic acids is 1. The smallest absolute Gasteiger partial charge is 0.154 e. The first-order valence-corrected chi connectivity index (χ1v) is 6.73. The van der Waals surface area contributed by atoms with Crippen molar-refractivity contribution in [3.8, 4) is 28.0 Å². The quantitative estimate of drug-likeness (QED) is 0.712. The van der Waals surface area contributed by atoms with Gasteiger partial charge in [0.2, 0.25) is 0 Å². The van der Waals surface area contributed by atoms with Crippen molar-refractivity contribution < 1.29 is 9.90 Å². The lowest BCUT2D eigenvalue weighted by Gasteiger charge is -2.11. The maximum absolute atomic E-state index is 11.4. The number of phenolic OH excluding ortho intramolecular Hbond substituents is 1. The summed E-state index contributed by atoms with van der Waals surface area (Å²) < 4.78 is 0. The molecule has 2 heteroatoms. The van der Waals surface area contributed by atoms with E-state index in [1.54, 1.807) is 0 Å². The summed E-state index contributed by atoms with van der Waals surface area (Å²) in [4.78, 5) is 11.4. The highest BCUT2D eigenvalue weighted by Crippen LogP contribution is 2.37. The van der Waals surface area contributed by atoms with E-state index in [1.807, 2.05) is 72.8 Å². The van der Waals surface area contributed by atoms with Crippen molar-refractivity contribution in [1.82, 2.24) is 0 Å². The summed E-state index contributed by atoms with van der Waals surface area (Å²) in [6, 6.07) is 22.8. The van der Waals surface area contributed by atoms with Gasteiger partial charge in [-0.3, -0.25) is 4.79 Å². The second kappa shape index (κ2) is 5.63. The average molecular weight is 274 g/mol. The molecule has 102 valence electrons. The minimum absolute atomic E-state index is 0.0255. The zero-order valence-corrected chi connectivity index (χ0v) is 11.4. The van der Waals surface area contributed by atoms with Gasteiger partial charge in [0.1, 0.15) is 5.75 Å². The van der Waals surface area contributed by atoms with E-state index < -0.39 is 0 Å². The van der Waals surface area contributed by atoms with Crippen LogP contribution >= 0.6 is 0 Å². The minimum atomic E-state index is 0.0255. The Morgan fingerprint density at radius 1 is 0.667 bits per heavy atom. The largest absolute Gasteiger partial charge is 0.507 e. The van der Waals surface area contributed by atoms with Crippen molar-refractivity contribution >= 4 is 6.29 Å². The third kappa shape index (κ3) is 2.43. The second-order valence-corrected chi connectivity index (χ2v) is 4.77. The normalized spacial score (nSPS) is 10.3. The van der Waals surface area contributed by atoms with Crippen LogP contribution in [0.4, 0.5) is 0 Å². The van der Waals surface area contributed by atoms with Gasteiger partial charge in [-0.2, -0.15) is 0 Å². The number of hydrogen-bond acceptors (Lipinski definition) is 2. The first kappa shape index (κ1) is 13.1. The molecular weight excluding hydrogens is 260 g/mol. The molecule has 21 heavy (non-hydrogen) atoms. The molecule has 0 spiro atoms. The molecule has 0 aliphatic heterocycles. The highest BCUT2D eigenvalue weighted by Gasteiger charge is 2.14. The fraction of sp³-hybridized carbons (Fsp3) is 0.